The molecule has 0 saturated carbocycles. The average Bonchev–Trinajstić information content (AvgIpc) is 2.40. The number of benzene rings is 1. The molecule has 0 bridgehead atoms. The molecular weight excluding hydrogens is 339 g/mol. The quantitative estimate of drug-likeness (QED) is 0.815. The van der Waals surface area contributed by atoms with Crippen molar-refractivity contribution in [3.8, 4) is 0 Å². The maximum absolute atomic E-state index is 12.1. The Labute approximate surface area is 122 Å². The van der Waals surface area contributed by atoms with E-state index in [0.29, 0.717) is 5.92 Å². The van der Waals surface area contributed by atoms with Crippen LogP contribution in [0.2, 0.25) is 0 Å². The molecule has 1 fully saturated rings. The van der Waals surface area contributed by atoms with Gasteiger partial charge in [0.15, 0.2) is 0 Å². The molecule has 0 unspecified atom stereocenters. The van der Waals surface area contributed by atoms with Crippen LogP contribution in [0, 0.1) is 16.4 Å². The fourth-order valence-electron chi connectivity index (χ4n) is 2.24. The Hall–Kier alpha value is -0.620. The van der Waals surface area contributed by atoms with Gasteiger partial charge < -0.3 is 10.6 Å². The lowest BCUT2D eigenvalue weighted by Gasteiger charge is -2.22. The lowest BCUT2D eigenvalue weighted by molar-refractivity contribution is 0.0943. The average molecular weight is 358 g/mol. The maximum atomic E-state index is 12.1. The second-order valence-corrected chi connectivity index (χ2v) is 5.92. The van der Waals surface area contributed by atoms with E-state index in [4.69, 9.17) is 0 Å². The molecule has 1 aromatic carbocycles. The van der Waals surface area contributed by atoms with Crippen LogP contribution >= 0.6 is 22.6 Å². The van der Waals surface area contributed by atoms with Crippen LogP contribution < -0.4 is 10.6 Å². The van der Waals surface area contributed by atoms with Gasteiger partial charge in [0, 0.05) is 10.1 Å². The number of piperidine rings is 1. The summed E-state index contributed by atoms with van der Waals surface area (Å²) in [6, 6.07) is 5.87. The minimum absolute atomic E-state index is 0.0571. The number of halogens is 1. The minimum Gasteiger partial charge on any atom is -0.352 e. The van der Waals surface area contributed by atoms with E-state index in [-0.39, 0.29) is 5.91 Å². The van der Waals surface area contributed by atoms with Crippen molar-refractivity contribution in [3.63, 3.8) is 0 Å². The molecule has 1 aliphatic rings. The lowest BCUT2D eigenvalue weighted by atomic mass is 9.98. The zero-order valence-corrected chi connectivity index (χ0v) is 12.8. The molecule has 1 saturated heterocycles. The molecule has 1 heterocycles. The van der Waals surface area contributed by atoms with Gasteiger partial charge in [0.2, 0.25) is 0 Å². The summed E-state index contributed by atoms with van der Waals surface area (Å²) in [5.74, 6) is 0.680. The first-order chi connectivity index (χ1) is 8.68. The Morgan fingerprint density at radius 3 is 2.89 bits per heavy atom. The summed E-state index contributed by atoms with van der Waals surface area (Å²) < 4.78 is 1.05. The number of amides is 1. The summed E-state index contributed by atoms with van der Waals surface area (Å²) in [6.45, 7) is 4.97. The van der Waals surface area contributed by atoms with E-state index in [9.17, 15) is 4.79 Å². The van der Waals surface area contributed by atoms with Gasteiger partial charge in [0.25, 0.3) is 5.91 Å². The maximum Gasteiger partial charge on any atom is 0.252 e. The van der Waals surface area contributed by atoms with Crippen molar-refractivity contribution in [2.45, 2.75) is 19.8 Å². The third-order valence-corrected chi connectivity index (χ3v) is 4.88. The van der Waals surface area contributed by atoms with Crippen LogP contribution in [0.15, 0.2) is 18.2 Å². The Kier molecular flexibility index (Phi) is 5.00. The Morgan fingerprint density at radius 2 is 2.17 bits per heavy atom. The van der Waals surface area contributed by atoms with Gasteiger partial charge in [0.05, 0.1) is 5.56 Å². The molecule has 98 valence electrons. The van der Waals surface area contributed by atoms with E-state index < -0.39 is 0 Å². The SMILES string of the molecule is Cc1cccc(C(=O)NCC2CCNCC2)c1I. The molecule has 2 rings (SSSR count). The van der Waals surface area contributed by atoms with E-state index in [1.165, 1.54) is 0 Å². The van der Waals surface area contributed by atoms with Gasteiger partial charge in [0.1, 0.15) is 0 Å². The van der Waals surface area contributed by atoms with Gasteiger partial charge in [-0.3, -0.25) is 4.79 Å². The van der Waals surface area contributed by atoms with Crippen LogP contribution in [0.4, 0.5) is 0 Å². The second-order valence-electron chi connectivity index (χ2n) is 4.84. The van der Waals surface area contributed by atoms with Crippen molar-refractivity contribution in [2.24, 2.45) is 5.92 Å². The predicted octanol–water partition coefficient (Wildman–Crippen LogP) is 2.33. The van der Waals surface area contributed by atoms with Crippen molar-refractivity contribution >= 4 is 28.5 Å². The third kappa shape index (κ3) is 3.45. The van der Waals surface area contributed by atoms with Crippen LogP contribution in [0.1, 0.15) is 28.8 Å². The van der Waals surface area contributed by atoms with Crippen LogP contribution in [-0.2, 0) is 0 Å². The Balaban J connectivity index is 1.93. The molecule has 0 aromatic heterocycles. The first kappa shape index (κ1) is 13.8. The normalized spacial score (nSPS) is 16.6. The monoisotopic (exact) mass is 358 g/mol. The molecule has 1 aromatic rings. The topological polar surface area (TPSA) is 41.1 Å². The number of hydrogen-bond donors (Lipinski definition) is 2. The van der Waals surface area contributed by atoms with Gasteiger partial charge in [-0.25, -0.2) is 0 Å². The number of hydrogen-bond acceptors (Lipinski definition) is 2. The summed E-state index contributed by atoms with van der Waals surface area (Å²) in [6.07, 6.45) is 2.32. The molecule has 18 heavy (non-hydrogen) atoms. The highest BCUT2D eigenvalue weighted by molar-refractivity contribution is 14.1. The zero-order valence-electron chi connectivity index (χ0n) is 10.6. The molecule has 2 N–H and O–H groups in total. The molecule has 0 spiro atoms. The number of carbonyl (C=O) groups is 1. The molecule has 3 nitrogen and oxygen atoms in total. The summed E-state index contributed by atoms with van der Waals surface area (Å²) in [5.41, 5.74) is 1.95. The first-order valence-electron chi connectivity index (χ1n) is 6.42. The molecule has 0 radical (unpaired) electrons. The van der Waals surface area contributed by atoms with E-state index >= 15 is 0 Å². The standard InChI is InChI=1S/C14H19IN2O/c1-10-3-2-4-12(13(10)15)14(18)17-9-11-5-7-16-8-6-11/h2-4,11,16H,5-9H2,1H3,(H,17,18). The van der Waals surface area contributed by atoms with Gasteiger partial charge in [-0.05, 0) is 73.0 Å². The molecule has 4 heteroatoms. The van der Waals surface area contributed by atoms with E-state index in [2.05, 4.69) is 33.2 Å². The zero-order chi connectivity index (χ0) is 13.0. The van der Waals surface area contributed by atoms with E-state index in [1.54, 1.807) is 0 Å². The van der Waals surface area contributed by atoms with Gasteiger partial charge >= 0.3 is 0 Å². The fraction of sp³-hybridized carbons (Fsp3) is 0.500. The number of rotatable bonds is 3. The molecule has 0 aliphatic carbocycles. The van der Waals surface area contributed by atoms with Crippen molar-refractivity contribution in [2.75, 3.05) is 19.6 Å². The molecule has 1 amide bonds. The molecular formula is C14H19IN2O. The summed E-state index contributed by atoms with van der Waals surface area (Å²) in [7, 11) is 0. The predicted molar refractivity (Wildman–Crippen MR) is 81.8 cm³/mol. The highest BCUT2D eigenvalue weighted by Crippen LogP contribution is 2.17. The van der Waals surface area contributed by atoms with Crippen LogP contribution in [-0.4, -0.2) is 25.5 Å². The number of nitrogens with one attached hydrogen (secondary N) is 2. The van der Waals surface area contributed by atoms with E-state index in [1.807, 2.05) is 25.1 Å². The highest BCUT2D eigenvalue weighted by Gasteiger charge is 2.16. The summed E-state index contributed by atoms with van der Waals surface area (Å²) in [4.78, 5) is 12.1. The minimum atomic E-state index is 0.0571. The third-order valence-electron chi connectivity index (χ3n) is 3.45. The summed E-state index contributed by atoms with van der Waals surface area (Å²) in [5, 5.41) is 6.40. The Bertz CT molecular complexity index is 428. The first-order valence-corrected chi connectivity index (χ1v) is 7.50. The number of aryl methyl sites for hydroxylation is 1. The summed E-state index contributed by atoms with van der Waals surface area (Å²) >= 11 is 2.24. The van der Waals surface area contributed by atoms with Crippen LogP contribution in [0.5, 0.6) is 0 Å². The van der Waals surface area contributed by atoms with Crippen molar-refractivity contribution < 1.29 is 4.79 Å². The van der Waals surface area contributed by atoms with Crippen LogP contribution in [0.25, 0.3) is 0 Å². The largest absolute Gasteiger partial charge is 0.352 e. The van der Waals surface area contributed by atoms with Gasteiger partial charge in [-0.1, -0.05) is 12.1 Å². The van der Waals surface area contributed by atoms with E-state index in [0.717, 1.165) is 47.2 Å². The molecule has 0 atom stereocenters. The van der Waals surface area contributed by atoms with Gasteiger partial charge in [-0.2, -0.15) is 0 Å². The second kappa shape index (κ2) is 6.52. The van der Waals surface area contributed by atoms with Gasteiger partial charge in [-0.15, -0.1) is 0 Å². The molecule has 1 aliphatic heterocycles. The lowest BCUT2D eigenvalue weighted by Crippen LogP contribution is -2.36. The fourth-order valence-corrected chi connectivity index (χ4v) is 2.85. The van der Waals surface area contributed by atoms with Crippen molar-refractivity contribution in [1.82, 2.24) is 10.6 Å². The van der Waals surface area contributed by atoms with Crippen molar-refractivity contribution in [3.05, 3.63) is 32.9 Å². The van der Waals surface area contributed by atoms with Crippen molar-refractivity contribution in [1.29, 1.82) is 0 Å². The Morgan fingerprint density at radius 1 is 1.44 bits per heavy atom. The smallest absolute Gasteiger partial charge is 0.252 e. The number of carbonyl (C=O) groups excluding carboxylic acids is 1. The highest BCUT2D eigenvalue weighted by atomic mass is 127. The van der Waals surface area contributed by atoms with Crippen LogP contribution in [0.3, 0.4) is 0 Å².